The summed E-state index contributed by atoms with van der Waals surface area (Å²) in [5.41, 5.74) is 8.32. The van der Waals surface area contributed by atoms with E-state index in [-0.39, 0.29) is 16.6 Å². The molecule has 4 nitrogen and oxygen atoms in total. The molecule has 230 valence electrons. The van der Waals surface area contributed by atoms with Gasteiger partial charge in [0.25, 0.3) is 0 Å². The zero-order valence-corrected chi connectivity index (χ0v) is 26.2. The second-order valence-corrected chi connectivity index (χ2v) is 13.0. The van der Waals surface area contributed by atoms with Crippen molar-refractivity contribution in [1.82, 2.24) is 20.2 Å². The number of rotatable bonds is 7. The third-order valence-electron chi connectivity index (χ3n) is 10.2. The molecular weight excluding hydrogens is 555 g/mol. The number of aromatic nitrogens is 2. The molecule has 45 heavy (non-hydrogen) atoms. The van der Waals surface area contributed by atoms with E-state index in [2.05, 4.69) is 112 Å². The molecule has 2 aliphatic heterocycles. The van der Waals surface area contributed by atoms with Crippen molar-refractivity contribution in [2.75, 3.05) is 26.2 Å². The quantitative estimate of drug-likeness (QED) is 0.175. The van der Waals surface area contributed by atoms with Gasteiger partial charge in [0, 0.05) is 53.9 Å². The van der Waals surface area contributed by atoms with E-state index >= 15 is 0 Å². The Morgan fingerprint density at radius 3 is 1.98 bits per heavy atom. The van der Waals surface area contributed by atoms with Gasteiger partial charge >= 0.3 is 0 Å². The van der Waals surface area contributed by atoms with Crippen molar-refractivity contribution in [3.05, 3.63) is 144 Å². The molecule has 0 saturated carbocycles. The van der Waals surface area contributed by atoms with E-state index < -0.39 is 0 Å². The van der Waals surface area contributed by atoms with Crippen LogP contribution in [0.2, 0.25) is 0 Å². The molecule has 2 saturated heterocycles. The van der Waals surface area contributed by atoms with Gasteiger partial charge in [-0.25, -0.2) is 4.39 Å². The smallest absolute Gasteiger partial charge is 0.123 e. The van der Waals surface area contributed by atoms with Crippen LogP contribution >= 0.6 is 0 Å². The maximum absolute atomic E-state index is 13.1. The summed E-state index contributed by atoms with van der Waals surface area (Å²) >= 11 is 0. The Kier molecular flexibility index (Phi) is 8.31. The van der Waals surface area contributed by atoms with Gasteiger partial charge in [0.1, 0.15) is 5.82 Å². The SMILES string of the molecule is CCn1ccc2cc(C3(Cc4ccccc4)CCNC3)ccc21.Fc1ccc(CC2(c3ccc4[nH]ccc4c3)CCNC2)cc1. The van der Waals surface area contributed by atoms with Gasteiger partial charge in [-0.2, -0.15) is 0 Å². The summed E-state index contributed by atoms with van der Waals surface area (Å²) in [4.78, 5) is 3.25. The third kappa shape index (κ3) is 6.07. The summed E-state index contributed by atoms with van der Waals surface area (Å²) in [6.07, 6.45) is 8.55. The molecule has 2 unspecified atom stereocenters. The highest BCUT2D eigenvalue weighted by Crippen LogP contribution is 2.37. The highest BCUT2D eigenvalue weighted by Gasteiger charge is 2.37. The third-order valence-corrected chi connectivity index (χ3v) is 10.2. The number of benzene rings is 4. The molecule has 0 aliphatic carbocycles. The Balaban J connectivity index is 0.000000145. The number of nitrogens with one attached hydrogen (secondary N) is 3. The number of aromatic amines is 1. The number of nitrogens with zero attached hydrogens (tertiary/aromatic N) is 1. The Hall–Kier alpha value is -4.19. The lowest BCUT2D eigenvalue weighted by Crippen LogP contribution is -2.31. The summed E-state index contributed by atoms with van der Waals surface area (Å²) in [6, 6.07) is 36.0. The average Bonchev–Trinajstić information content (AvgIpc) is 3.90. The van der Waals surface area contributed by atoms with Crippen molar-refractivity contribution < 1.29 is 4.39 Å². The molecule has 3 N–H and O–H groups in total. The fraction of sp³-hybridized carbons (Fsp3) is 0.300. The largest absolute Gasteiger partial charge is 0.361 e. The van der Waals surface area contributed by atoms with Gasteiger partial charge in [0.15, 0.2) is 0 Å². The summed E-state index contributed by atoms with van der Waals surface area (Å²) in [5, 5.41) is 9.71. The molecule has 5 heteroatoms. The first-order valence-electron chi connectivity index (χ1n) is 16.4. The number of H-pyrrole nitrogens is 1. The van der Waals surface area contributed by atoms with Crippen molar-refractivity contribution in [2.45, 2.75) is 50.0 Å². The molecule has 2 aromatic heterocycles. The monoisotopic (exact) mass is 598 g/mol. The molecule has 0 spiro atoms. The number of aryl methyl sites for hydroxylation is 1. The van der Waals surface area contributed by atoms with Gasteiger partial charge in [-0.1, -0.05) is 54.6 Å². The standard InChI is InChI=1S/C21H24N2.C19H19FN2/c1-2-23-13-10-18-14-19(8-9-20(18)23)21(11-12-22-16-21)15-17-6-4-3-5-7-17;20-17-4-1-14(2-5-17)12-19(8-10-21-13-19)16-3-6-18-15(11-16)7-9-22-18/h3-10,13-14,22H,2,11-12,15-16H2,1H3;1-7,9,11,21-22H,8,10,12-13H2. The molecule has 6 aromatic rings. The first kappa shape index (κ1) is 29.5. The zero-order valence-electron chi connectivity index (χ0n) is 26.2. The minimum absolute atomic E-state index is 0.100. The lowest BCUT2D eigenvalue weighted by molar-refractivity contribution is 0.467. The maximum atomic E-state index is 13.1. The van der Waals surface area contributed by atoms with E-state index in [4.69, 9.17) is 0 Å². The van der Waals surface area contributed by atoms with Crippen LogP contribution in [0.4, 0.5) is 4.39 Å². The van der Waals surface area contributed by atoms with Crippen LogP contribution in [-0.2, 0) is 30.2 Å². The van der Waals surface area contributed by atoms with Gasteiger partial charge in [0.2, 0.25) is 0 Å². The van der Waals surface area contributed by atoms with Crippen LogP contribution in [-0.4, -0.2) is 35.7 Å². The molecule has 0 bridgehead atoms. The topological polar surface area (TPSA) is 44.8 Å². The average molecular weight is 599 g/mol. The number of fused-ring (bicyclic) bond motifs is 2. The van der Waals surface area contributed by atoms with Crippen LogP contribution < -0.4 is 10.6 Å². The van der Waals surface area contributed by atoms with Crippen LogP contribution in [0.15, 0.2) is 116 Å². The Labute approximate surface area is 265 Å². The van der Waals surface area contributed by atoms with Crippen molar-refractivity contribution >= 4 is 21.8 Å². The second kappa shape index (κ2) is 12.7. The van der Waals surface area contributed by atoms with E-state index in [0.717, 1.165) is 52.0 Å². The van der Waals surface area contributed by atoms with Crippen molar-refractivity contribution in [3.63, 3.8) is 0 Å². The van der Waals surface area contributed by atoms with E-state index in [9.17, 15) is 4.39 Å². The van der Waals surface area contributed by atoms with Crippen molar-refractivity contribution in [3.8, 4) is 0 Å². The summed E-state index contributed by atoms with van der Waals surface area (Å²) in [7, 11) is 0. The van der Waals surface area contributed by atoms with Crippen LogP contribution in [0, 0.1) is 5.82 Å². The highest BCUT2D eigenvalue weighted by molar-refractivity contribution is 5.81. The van der Waals surface area contributed by atoms with Gasteiger partial charge < -0.3 is 20.2 Å². The first-order chi connectivity index (χ1) is 22.1. The predicted molar refractivity (Wildman–Crippen MR) is 184 cm³/mol. The van der Waals surface area contributed by atoms with Gasteiger partial charge in [0.05, 0.1) is 0 Å². The molecule has 0 radical (unpaired) electrons. The number of hydrogen-bond acceptors (Lipinski definition) is 2. The van der Waals surface area contributed by atoms with Gasteiger partial charge in [-0.15, -0.1) is 0 Å². The Morgan fingerprint density at radius 1 is 0.689 bits per heavy atom. The van der Waals surface area contributed by atoms with Gasteiger partial charge in [-0.05, 0) is 127 Å². The Bertz CT molecular complexity index is 1860. The maximum Gasteiger partial charge on any atom is 0.123 e. The fourth-order valence-electron chi connectivity index (χ4n) is 7.65. The lowest BCUT2D eigenvalue weighted by atomic mass is 9.74. The van der Waals surface area contributed by atoms with E-state index in [1.54, 1.807) is 12.1 Å². The normalized spacial score (nSPS) is 21.3. The molecule has 2 aliphatic rings. The minimum Gasteiger partial charge on any atom is -0.361 e. The van der Waals surface area contributed by atoms with Crippen LogP contribution in [0.5, 0.6) is 0 Å². The molecule has 2 atom stereocenters. The molecule has 8 rings (SSSR count). The first-order valence-corrected chi connectivity index (χ1v) is 16.4. The van der Waals surface area contributed by atoms with E-state index in [0.29, 0.717) is 0 Å². The summed E-state index contributed by atoms with van der Waals surface area (Å²) in [5.74, 6) is -0.170. The summed E-state index contributed by atoms with van der Waals surface area (Å²) < 4.78 is 15.5. The van der Waals surface area contributed by atoms with Crippen LogP contribution in [0.3, 0.4) is 0 Å². The Morgan fingerprint density at radius 2 is 1.33 bits per heavy atom. The van der Waals surface area contributed by atoms with Gasteiger partial charge in [-0.3, -0.25) is 0 Å². The molecule has 4 heterocycles. The fourth-order valence-corrected chi connectivity index (χ4v) is 7.65. The minimum atomic E-state index is -0.170. The lowest BCUT2D eigenvalue weighted by Gasteiger charge is -2.29. The van der Waals surface area contributed by atoms with E-state index in [1.165, 1.54) is 50.5 Å². The van der Waals surface area contributed by atoms with E-state index in [1.807, 2.05) is 18.3 Å². The van der Waals surface area contributed by atoms with Crippen LogP contribution in [0.1, 0.15) is 42.0 Å². The molecule has 4 aromatic carbocycles. The predicted octanol–water partition coefficient (Wildman–Crippen LogP) is 7.92. The zero-order chi connectivity index (χ0) is 30.7. The molecular formula is C40H43FN4. The number of hydrogen-bond donors (Lipinski definition) is 3. The van der Waals surface area contributed by atoms with Crippen molar-refractivity contribution in [1.29, 1.82) is 0 Å². The molecule has 0 amide bonds. The second-order valence-electron chi connectivity index (χ2n) is 13.0. The number of halogens is 1. The molecule has 2 fully saturated rings. The van der Waals surface area contributed by atoms with Crippen LogP contribution in [0.25, 0.3) is 21.8 Å². The van der Waals surface area contributed by atoms with Crippen molar-refractivity contribution in [2.24, 2.45) is 0 Å². The summed E-state index contributed by atoms with van der Waals surface area (Å²) in [6.45, 7) is 7.42. The highest BCUT2D eigenvalue weighted by atomic mass is 19.1.